The lowest BCUT2D eigenvalue weighted by Crippen LogP contribution is -2.77. The van der Waals surface area contributed by atoms with Crippen LogP contribution < -0.4 is 60.8 Å². The number of benzene rings is 8. The van der Waals surface area contributed by atoms with Crippen LogP contribution in [0.5, 0.6) is 23.0 Å². The molecule has 4 heterocycles. The van der Waals surface area contributed by atoms with Crippen molar-refractivity contribution in [3.63, 3.8) is 0 Å². The van der Waals surface area contributed by atoms with E-state index in [0.29, 0.717) is 0 Å². The standard InChI is InChI=1S/C52H42N2O2Si3/c1-57(2)44-29-12-8-21-36(44)53(37-22-9-13-30-45(37)57)40-25-16-33-48-50(40)55-42-27-18-28-43-52(42)59(48,35-19-6-5-7-20-35)49-34-17-26-41(51(49)56-43)54-38-23-10-14-31-46(38)58(3,4)47-32-15-11-24-39(47)54/h5-34H,1-4H3. The molecule has 59 heavy (non-hydrogen) atoms. The number of hydrogen-bond donors (Lipinski definition) is 0. The van der Waals surface area contributed by atoms with Gasteiger partial charge >= 0.3 is 0 Å². The first-order chi connectivity index (χ1) is 28.8. The lowest BCUT2D eigenvalue weighted by molar-refractivity contribution is 0.465. The van der Waals surface area contributed by atoms with Crippen molar-refractivity contribution in [2.24, 2.45) is 0 Å². The van der Waals surface area contributed by atoms with E-state index >= 15 is 0 Å². The molecule has 7 heteroatoms. The zero-order chi connectivity index (χ0) is 39.7. The summed E-state index contributed by atoms with van der Waals surface area (Å²) in [6.45, 7) is 9.92. The molecule has 0 spiro atoms. The summed E-state index contributed by atoms with van der Waals surface area (Å²) >= 11 is 0. The number of fused-ring (bicyclic) bond motifs is 8. The number of ether oxygens (including phenoxy) is 2. The van der Waals surface area contributed by atoms with E-state index in [1.807, 2.05) is 0 Å². The van der Waals surface area contributed by atoms with E-state index in [9.17, 15) is 0 Å². The molecule has 8 aromatic rings. The second-order valence-electron chi connectivity index (χ2n) is 17.2. The Hall–Kier alpha value is -6.39. The van der Waals surface area contributed by atoms with Crippen molar-refractivity contribution < 1.29 is 9.47 Å². The minimum atomic E-state index is -3.15. The van der Waals surface area contributed by atoms with Gasteiger partial charge in [0.2, 0.25) is 0 Å². The Kier molecular flexibility index (Phi) is 7.23. The molecule has 8 aromatic carbocycles. The van der Waals surface area contributed by atoms with Gasteiger partial charge in [0.1, 0.15) is 27.6 Å². The third-order valence-corrected chi connectivity index (χ3v) is 25.5. The van der Waals surface area contributed by atoms with Gasteiger partial charge in [0.15, 0.2) is 19.6 Å². The van der Waals surface area contributed by atoms with E-state index in [-0.39, 0.29) is 0 Å². The predicted octanol–water partition coefficient (Wildman–Crippen LogP) is 8.49. The summed E-state index contributed by atoms with van der Waals surface area (Å²) in [4.78, 5) is 4.96. The van der Waals surface area contributed by atoms with Gasteiger partial charge in [0.25, 0.3) is 0 Å². The maximum absolute atomic E-state index is 7.33. The summed E-state index contributed by atoms with van der Waals surface area (Å²) in [5.74, 6) is 3.56. The molecule has 0 radical (unpaired) electrons. The van der Waals surface area contributed by atoms with E-state index in [1.165, 1.54) is 64.2 Å². The number of rotatable bonds is 3. The van der Waals surface area contributed by atoms with Crippen molar-refractivity contribution in [3.8, 4) is 23.0 Å². The normalized spacial score (nSPS) is 16.4. The molecule has 0 atom stereocenters. The average molecular weight is 811 g/mol. The SMILES string of the molecule is C[Si]1(C)c2ccccc2N(c2cccc3c2Oc2cccc4c2[Si]3(c2ccccc2)c2cccc(N3c5ccccc5[Si](C)(C)c5ccccc53)c2O4)c2ccccc21. The van der Waals surface area contributed by atoms with E-state index in [0.717, 1.165) is 34.4 Å². The van der Waals surface area contributed by atoms with Crippen molar-refractivity contribution in [1.82, 2.24) is 0 Å². The second kappa shape index (κ2) is 12.3. The fraction of sp³-hybridized carbons (Fsp3) is 0.0769. The fourth-order valence-corrected chi connectivity index (χ4v) is 22.0. The minimum Gasteiger partial charge on any atom is -0.455 e. The van der Waals surface area contributed by atoms with Crippen LogP contribution in [0, 0.1) is 0 Å². The van der Waals surface area contributed by atoms with Gasteiger partial charge in [-0.2, -0.15) is 0 Å². The van der Waals surface area contributed by atoms with Gasteiger partial charge in [-0.05, 0) is 84.8 Å². The van der Waals surface area contributed by atoms with E-state index < -0.39 is 24.2 Å². The van der Waals surface area contributed by atoms with Crippen LogP contribution in [-0.2, 0) is 0 Å². The Morgan fingerprint density at radius 1 is 0.322 bits per heavy atom. The van der Waals surface area contributed by atoms with Gasteiger partial charge in [-0.15, -0.1) is 0 Å². The van der Waals surface area contributed by atoms with E-state index in [1.54, 1.807) is 0 Å². The lowest BCUT2D eigenvalue weighted by atomic mass is 10.1. The van der Waals surface area contributed by atoms with Crippen molar-refractivity contribution in [1.29, 1.82) is 0 Å². The van der Waals surface area contributed by atoms with Gasteiger partial charge in [0.05, 0.1) is 11.4 Å². The topological polar surface area (TPSA) is 24.9 Å². The lowest BCUT2D eigenvalue weighted by Gasteiger charge is -2.47. The van der Waals surface area contributed by atoms with Gasteiger partial charge in [0, 0.05) is 27.9 Å². The maximum atomic E-state index is 7.33. The number of nitrogens with zero attached hydrogens (tertiary/aromatic N) is 2. The highest BCUT2D eigenvalue weighted by Crippen LogP contribution is 2.50. The smallest absolute Gasteiger partial charge is 0.197 e. The van der Waals surface area contributed by atoms with Crippen molar-refractivity contribution in [2.45, 2.75) is 26.2 Å². The van der Waals surface area contributed by atoms with Crippen LogP contribution in [0.25, 0.3) is 0 Å². The Balaban J connectivity index is 1.17. The minimum absolute atomic E-state index is 0.865. The third-order valence-electron chi connectivity index (χ3n) is 13.5. The molecular weight excluding hydrogens is 769 g/mol. The van der Waals surface area contributed by atoms with E-state index in [4.69, 9.17) is 9.47 Å². The molecule has 4 nitrogen and oxygen atoms in total. The van der Waals surface area contributed by atoms with Gasteiger partial charge in [-0.3, -0.25) is 0 Å². The van der Waals surface area contributed by atoms with Crippen LogP contribution in [0.4, 0.5) is 34.1 Å². The first-order valence-electron chi connectivity index (χ1n) is 20.6. The Morgan fingerprint density at radius 2 is 0.644 bits per heavy atom. The van der Waals surface area contributed by atoms with Crippen LogP contribution in [-0.4, -0.2) is 24.2 Å². The summed E-state index contributed by atoms with van der Waals surface area (Å²) in [6.07, 6.45) is 0. The quantitative estimate of drug-likeness (QED) is 0.167. The molecule has 0 aliphatic carbocycles. The summed E-state index contributed by atoms with van der Waals surface area (Å²) < 4.78 is 14.7. The number of hydrogen-bond acceptors (Lipinski definition) is 4. The molecule has 0 fully saturated rings. The Labute approximate surface area is 348 Å². The molecule has 0 aromatic heterocycles. The molecule has 0 saturated carbocycles. The Morgan fingerprint density at radius 3 is 1.05 bits per heavy atom. The summed E-state index contributed by atoms with van der Waals surface area (Å²) in [6, 6.07) is 67.4. The van der Waals surface area contributed by atoms with Crippen molar-refractivity contribution in [3.05, 3.63) is 182 Å². The largest absolute Gasteiger partial charge is 0.455 e. The molecule has 0 unspecified atom stereocenters. The van der Waals surface area contributed by atoms with Gasteiger partial charge in [-0.25, -0.2) is 0 Å². The molecule has 284 valence electrons. The van der Waals surface area contributed by atoms with Crippen molar-refractivity contribution >= 4 is 99.8 Å². The first-order valence-corrected chi connectivity index (χ1v) is 28.6. The highest BCUT2D eigenvalue weighted by molar-refractivity contribution is 7.22. The predicted molar refractivity (Wildman–Crippen MR) is 253 cm³/mol. The zero-order valence-electron chi connectivity index (χ0n) is 33.5. The Bertz CT molecular complexity index is 2770. The monoisotopic (exact) mass is 810 g/mol. The van der Waals surface area contributed by atoms with E-state index in [2.05, 4.69) is 218 Å². The summed E-state index contributed by atoms with van der Waals surface area (Å²) in [5, 5.41) is 10.7. The number of anilines is 6. The second-order valence-corrected chi connectivity index (χ2v) is 29.6. The summed E-state index contributed by atoms with van der Waals surface area (Å²) in [7, 11) is -7.17. The molecule has 0 N–H and O–H groups in total. The highest BCUT2D eigenvalue weighted by Gasteiger charge is 2.55. The molecule has 0 saturated heterocycles. The molecule has 4 aliphatic rings. The third kappa shape index (κ3) is 4.52. The molecule has 0 bridgehead atoms. The number of para-hydroxylation sites is 6. The van der Waals surface area contributed by atoms with Crippen LogP contribution >= 0.6 is 0 Å². The first kappa shape index (κ1) is 34.6. The van der Waals surface area contributed by atoms with Crippen LogP contribution in [0.1, 0.15) is 0 Å². The average Bonchev–Trinajstić information content (AvgIpc) is 3.27. The van der Waals surface area contributed by atoms with Crippen LogP contribution in [0.3, 0.4) is 0 Å². The molecular formula is C52H42N2O2Si3. The van der Waals surface area contributed by atoms with Crippen LogP contribution in [0.2, 0.25) is 26.2 Å². The zero-order valence-corrected chi connectivity index (χ0v) is 36.5. The van der Waals surface area contributed by atoms with Gasteiger partial charge < -0.3 is 19.3 Å². The maximum Gasteiger partial charge on any atom is 0.197 e. The molecule has 12 rings (SSSR count). The van der Waals surface area contributed by atoms with Crippen molar-refractivity contribution in [2.75, 3.05) is 9.80 Å². The fourth-order valence-electron chi connectivity index (χ4n) is 10.9. The highest BCUT2D eigenvalue weighted by atomic mass is 28.3. The summed E-state index contributed by atoms with van der Waals surface area (Å²) in [5.41, 5.74) is 7.05. The van der Waals surface area contributed by atoms with Gasteiger partial charge in [-0.1, -0.05) is 160 Å². The van der Waals surface area contributed by atoms with Crippen LogP contribution in [0.15, 0.2) is 182 Å². The molecule has 4 aliphatic heterocycles. The molecule has 0 amide bonds.